The summed E-state index contributed by atoms with van der Waals surface area (Å²) < 4.78 is 2.37. The van der Waals surface area contributed by atoms with Crippen molar-refractivity contribution in [2.45, 2.75) is 0 Å². The van der Waals surface area contributed by atoms with Crippen molar-refractivity contribution in [2.75, 3.05) is 0 Å². The van der Waals surface area contributed by atoms with Gasteiger partial charge in [0.1, 0.15) is 0 Å². The highest BCUT2D eigenvalue weighted by atomic mass is 15.0. The summed E-state index contributed by atoms with van der Waals surface area (Å²) in [5.41, 5.74) is 15.8. The van der Waals surface area contributed by atoms with Crippen LogP contribution in [0.15, 0.2) is 224 Å². The zero-order chi connectivity index (χ0) is 37.7. The van der Waals surface area contributed by atoms with E-state index in [1.807, 2.05) is 0 Å². The molecule has 0 saturated heterocycles. The monoisotopic (exact) mass is 723 g/mol. The summed E-state index contributed by atoms with van der Waals surface area (Å²) in [5, 5.41) is 7.51. The number of para-hydroxylation sites is 2. The van der Waals surface area contributed by atoms with Crippen LogP contribution in [0.3, 0.4) is 0 Å². The van der Waals surface area contributed by atoms with Gasteiger partial charge in [-0.25, -0.2) is 0 Å². The van der Waals surface area contributed by atoms with Crippen molar-refractivity contribution in [3.05, 3.63) is 224 Å². The van der Waals surface area contributed by atoms with Crippen LogP contribution in [-0.2, 0) is 0 Å². The Morgan fingerprint density at radius 1 is 0.211 bits per heavy atom. The minimum absolute atomic E-state index is 1.17. The van der Waals surface area contributed by atoms with Crippen LogP contribution in [0.1, 0.15) is 0 Å². The molecule has 1 aromatic heterocycles. The van der Waals surface area contributed by atoms with Crippen LogP contribution in [0.2, 0.25) is 0 Å². The van der Waals surface area contributed by atoms with Gasteiger partial charge in [0.05, 0.1) is 11.0 Å². The van der Waals surface area contributed by atoms with Crippen molar-refractivity contribution in [3.63, 3.8) is 0 Å². The Hall–Kier alpha value is -7.48. The summed E-state index contributed by atoms with van der Waals surface area (Å²) in [6.45, 7) is 0. The number of nitrogens with zero attached hydrogens (tertiary/aromatic N) is 1. The van der Waals surface area contributed by atoms with Crippen molar-refractivity contribution in [3.8, 4) is 61.3 Å². The summed E-state index contributed by atoms with van der Waals surface area (Å²) in [6, 6.07) is 82.0. The lowest BCUT2D eigenvalue weighted by Crippen LogP contribution is -1.93. The first-order chi connectivity index (χ1) is 28.3. The molecule has 0 spiro atoms. The Morgan fingerprint density at radius 2 is 0.579 bits per heavy atom. The molecular weight excluding hydrogens is 687 g/mol. The first-order valence-electron chi connectivity index (χ1n) is 19.7. The molecule has 0 aliphatic heterocycles. The minimum atomic E-state index is 1.17. The van der Waals surface area contributed by atoms with Gasteiger partial charge in [0.25, 0.3) is 0 Å². The van der Waals surface area contributed by atoms with E-state index in [2.05, 4.69) is 229 Å². The predicted octanol–water partition coefficient (Wildman–Crippen LogP) is 15.4. The first-order valence-corrected chi connectivity index (χ1v) is 19.7. The van der Waals surface area contributed by atoms with E-state index >= 15 is 0 Å². The van der Waals surface area contributed by atoms with E-state index in [1.54, 1.807) is 0 Å². The van der Waals surface area contributed by atoms with Gasteiger partial charge in [-0.1, -0.05) is 182 Å². The van der Waals surface area contributed by atoms with Crippen molar-refractivity contribution < 1.29 is 0 Å². The normalized spacial score (nSPS) is 11.5. The van der Waals surface area contributed by atoms with Gasteiger partial charge >= 0.3 is 0 Å². The number of benzene rings is 10. The predicted molar refractivity (Wildman–Crippen MR) is 243 cm³/mol. The van der Waals surface area contributed by atoms with Crippen molar-refractivity contribution in [1.29, 1.82) is 0 Å². The van der Waals surface area contributed by atoms with Crippen LogP contribution >= 0.6 is 0 Å². The third-order valence-electron chi connectivity index (χ3n) is 11.6. The number of fused-ring (bicyclic) bond motifs is 5. The van der Waals surface area contributed by atoms with E-state index in [4.69, 9.17) is 0 Å². The lowest BCUT2D eigenvalue weighted by molar-refractivity contribution is 1.18. The standard InChI is InChI=1S/C56H37N/c1-5-15-38(16-6-1)43-30-33-49-51(36-43)55(41-19-9-3-10-20-41)48-32-29-44(39-17-7-2-8-18-39)37-52(48)56(49)42-27-25-40(26-28-42)45-31-34-54-50(35-45)47-23-13-14-24-53(47)57(54)46-21-11-4-12-22-46/h1-37H. The molecule has 11 rings (SSSR count). The number of rotatable bonds is 6. The van der Waals surface area contributed by atoms with Crippen molar-refractivity contribution >= 4 is 43.4 Å². The maximum absolute atomic E-state index is 2.40. The Kier molecular flexibility index (Phi) is 7.89. The Labute approximate surface area is 332 Å². The van der Waals surface area contributed by atoms with Crippen LogP contribution in [-0.4, -0.2) is 4.57 Å². The third-order valence-corrected chi connectivity index (χ3v) is 11.6. The zero-order valence-electron chi connectivity index (χ0n) is 31.3. The summed E-state index contributed by atoms with van der Waals surface area (Å²) >= 11 is 0. The van der Waals surface area contributed by atoms with Crippen molar-refractivity contribution in [2.24, 2.45) is 0 Å². The molecule has 0 fully saturated rings. The van der Waals surface area contributed by atoms with E-state index < -0.39 is 0 Å². The first kappa shape index (κ1) is 32.9. The molecule has 0 radical (unpaired) electrons. The lowest BCUT2D eigenvalue weighted by atomic mass is 9.83. The number of aromatic nitrogens is 1. The molecule has 0 aliphatic carbocycles. The SMILES string of the molecule is c1ccc(-c2ccc3c(-c4ccc(-c5ccc6c(c5)c5ccccc5n6-c5ccccc5)cc4)c4cc(-c5ccccc5)ccc4c(-c4ccccc4)c3c2)cc1. The number of hydrogen-bond acceptors (Lipinski definition) is 0. The van der Waals surface area contributed by atoms with Gasteiger partial charge < -0.3 is 4.57 Å². The summed E-state index contributed by atoms with van der Waals surface area (Å²) in [6.07, 6.45) is 0. The molecule has 266 valence electrons. The Balaban J connectivity index is 1.12. The van der Waals surface area contributed by atoms with Crippen LogP contribution in [0.4, 0.5) is 0 Å². The summed E-state index contributed by atoms with van der Waals surface area (Å²) in [4.78, 5) is 0. The van der Waals surface area contributed by atoms with E-state index in [9.17, 15) is 0 Å². The highest BCUT2D eigenvalue weighted by molar-refractivity contribution is 6.22. The molecule has 0 aliphatic rings. The van der Waals surface area contributed by atoms with Crippen molar-refractivity contribution in [1.82, 2.24) is 4.57 Å². The van der Waals surface area contributed by atoms with Crippen LogP contribution in [0.5, 0.6) is 0 Å². The molecule has 0 unspecified atom stereocenters. The topological polar surface area (TPSA) is 4.93 Å². The second-order valence-corrected chi connectivity index (χ2v) is 14.9. The van der Waals surface area contributed by atoms with Crippen LogP contribution < -0.4 is 0 Å². The van der Waals surface area contributed by atoms with E-state index in [0.717, 1.165) is 0 Å². The van der Waals surface area contributed by atoms with Gasteiger partial charge in [-0.3, -0.25) is 0 Å². The van der Waals surface area contributed by atoms with Gasteiger partial charge in [-0.05, 0) is 120 Å². The lowest BCUT2D eigenvalue weighted by Gasteiger charge is -2.20. The van der Waals surface area contributed by atoms with E-state index in [0.29, 0.717) is 0 Å². The second kappa shape index (κ2) is 13.7. The van der Waals surface area contributed by atoms with E-state index in [1.165, 1.54) is 105 Å². The summed E-state index contributed by atoms with van der Waals surface area (Å²) in [5.74, 6) is 0. The minimum Gasteiger partial charge on any atom is -0.309 e. The highest BCUT2D eigenvalue weighted by Crippen LogP contribution is 2.46. The van der Waals surface area contributed by atoms with Gasteiger partial charge in [0.15, 0.2) is 0 Å². The molecule has 0 saturated carbocycles. The van der Waals surface area contributed by atoms with Gasteiger partial charge in [0, 0.05) is 16.5 Å². The maximum atomic E-state index is 2.40. The summed E-state index contributed by atoms with van der Waals surface area (Å²) in [7, 11) is 0. The smallest absolute Gasteiger partial charge is 0.0541 e. The Bertz CT molecular complexity index is 3230. The fraction of sp³-hybridized carbons (Fsp3) is 0. The molecule has 57 heavy (non-hydrogen) atoms. The molecule has 0 amide bonds. The fourth-order valence-electron chi connectivity index (χ4n) is 8.91. The van der Waals surface area contributed by atoms with Gasteiger partial charge in [-0.15, -0.1) is 0 Å². The molecule has 0 atom stereocenters. The Morgan fingerprint density at radius 3 is 1.14 bits per heavy atom. The largest absolute Gasteiger partial charge is 0.309 e. The highest BCUT2D eigenvalue weighted by Gasteiger charge is 2.19. The zero-order valence-corrected chi connectivity index (χ0v) is 31.3. The second-order valence-electron chi connectivity index (χ2n) is 14.9. The molecule has 1 nitrogen and oxygen atoms in total. The quantitative estimate of drug-likeness (QED) is 0.151. The molecule has 1 heterocycles. The molecule has 10 aromatic carbocycles. The molecule has 0 bridgehead atoms. The fourth-order valence-corrected chi connectivity index (χ4v) is 8.91. The average Bonchev–Trinajstić information content (AvgIpc) is 3.63. The molecule has 0 N–H and O–H groups in total. The number of hydrogen-bond donors (Lipinski definition) is 0. The molecule has 1 heteroatoms. The third kappa shape index (κ3) is 5.63. The van der Waals surface area contributed by atoms with Crippen LogP contribution in [0, 0.1) is 0 Å². The van der Waals surface area contributed by atoms with Crippen LogP contribution in [0.25, 0.3) is 105 Å². The van der Waals surface area contributed by atoms with E-state index in [-0.39, 0.29) is 0 Å². The van der Waals surface area contributed by atoms with Gasteiger partial charge in [0.2, 0.25) is 0 Å². The maximum Gasteiger partial charge on any atom is 0.0541 e. The average molecular weight is 724 g/mol. The molecular formula is C56H37N. The van der Waals surface area contributed by atoms with Gasteiger partial charge in [-0.2, -0.15) is 0 Å². The molecule has 11 aromatic rings.